The lowest BCUT2D eigenvalue weighted by Crippen LogP contribution is -2.30. The summed E-state index contributed by atoms with van der Waals surface area (Å²) >= 11 is 0. The third-order valence-corrected chi connectivity index (χ3v) is 7.19. The number of sulfonamides is 1. The number of amides is 1. The van der Waals surface area contributed by atoms with Crippen molar-refractivity contribution in [2.24, 2.45) is 0 Å². The Kier molecular flexibility index (Phi) is 7.64. The molecular weight excluding hydrogens is 464 g/mol. The number of furan rings is 1. The van der Waals surface area contributed by atoms with Crippen LogP contribution in [0.4, 0.5) is 11.4 Å². The topological polar surface area (TPSA) is 88.9 Å². The molecule has 3 aromatic carbocycles. The van der Waals surface area contributed by atoms with E-state index < -0.39 is 15.9 Å². The minimum absolute atomic E-state index is 0.0518. The molecule has 0 spiro atoms. The molecule has 35 heavy (non-hydrogen) atoms. The van der Waals surface area contributed by atoms with Gasteiger partial charge in [0.25, 0.3) is 15.9 Å². The first kappa shape index (κ1) is 24.3. The average Bonchev–Trinajstić information content (AvgIpc) is 3.39. The number of nitrogens with one attached hydrogen (secondary N) is 1. The normalized spacial score (nSPS) is 11.2. The summed E-state index contributed by atoms with van der Waals surface area (Å²) in [5.41, 5.74) is 2.28. The Morgan fingerprint density at radius 2 is 1.71 bits per heavy atom. The van der Waals surface area contributed by atoms with E-state index in [0.29, 0.717) is 24.6 Å². The fourth-order valence-corrected chi connectivity index (χ4v) is 5.14. The number of ether oxygens (including phenoxy) is 1. The molecule has 0 atom stereocenters. The van der Waals surface area contributed by atoms with Crippen LogP contribution in [0.15, 0.2) is 107 Å². The first-order valence-corrected chi connectivity index (χ1v) is 12.6. The molecule has 8 heteroatoms. The summed E-state index contributed by atoms with van der Waals surface area (Å²) in [6.45, 7) is 2.73. The van der Waals surface area contributed by atoms with Crippen LogP contribution < -0.4 is 9.62 Å². The van der Waals surface area contributed by atoms with Gasteiger partial charge >= 0.3 is 0 Å². The van der Waals surface area contributed by atoms with Gasteiger partial charge in [-0.05, 0) is 67.1 Å². The highest BCUT2D eigenvalue weighted by Crippen LogP contribution is 2.24. The smallest absolute Gasteiger partial charge is 0.264 e. The zero-order valence-electron chi connectivity index (χ0n) is 19.3. The summed E-state index contributed by atoms with van der Waals surface area (Å²) in [5.74, 6) is 0.330. The lowest BCUT2D eigenvalue weighted by atomic mass is 10.2. The molecule has 180 valence electrons. The summed E-state index contributed by atoms with van der Waals surface area (Å²) in [6.07, 6.45) is 1.59. The van der Waals surface area contributed by atoms with Crippen LogP contribution in [0.1, 0.15) is 28.6 Å². The van der Waals surface area contributed by atoms with Crippen molar-refractivity contribution in [2.75, 3.05) is 16.2 Å². The third-order valence-electron chi connectivity index (χ3n) is 5.29. The van der Waals surface area contributed by atoms with Crippen molar-refractivity contribution in [1.29, 1.82) is 0 Å². The summed E-state index contributed by atoms with van der Waals surface area (Å²) in [6, 6.07) is 25.9. The predicted octanol–water partition coefficient (Wildman–Crippen LogP) is 5.46. The van der Waals surface area contributed by atoms with Gasteiger partial charge in [0.05, 0.1) is 23.5 Å². The summed E-state index contributed by atoms with van der Waals surface area (Å²) in [7, 11) is -3.84. The van der Waals surface area contributed by atoms with E-state index >= 15 is 0 Å². The Balaban J connectivity index is 1.46. The molecule has 0 aliphatic rings. The largest absolute Gasteiger partial charge is 0.467 e. The van der Waals surface area contributed by atoms with Gasteiger partial charge in [-0.3, -0.25) is 9.10 Å². The van der Waals surface area contributed by atoms with Gasteiger partial charge in [-0.25, -0.2) is 8.42 Å². The molecule has 1 aromatic heterocycles. The second kappa shape index (κ2) is 11.0. The van der Waals surface area contributed by atoms with Crippen molar-refractivity contribution in [1.82, 2.24) is 0 Å². The molecule has 0 bridgehead atoms. The fraction of sp³-hybridized carbons (Fsp3) is 0.148. The Hall–Kier alpha value is -3.88. The minimum atomic E-state index is -3.84. The highest BCUT2D eigenvalue weighted by Gasteiger charge is 2.24. The molecule has 1 N–H and O–H groups in total. The van der Waals surface area contributed by atoms with Gasteiger partial charge in [0.1, 0.15) is 12.4 Å². The molecule has 1 amide bonds. The minimum Gasteiger partial charge on any atom is -0.467 e. The molecule has 0 fully saturated rings. The van der Waals surface area contributed by atoms with Crippen molar-refractivity contribution in [3.63, 3.8) is 0 Å². The van der Waals surface area contributed by atoms with Crippen LogP contribution in [0.3, 0.4) is 0 Å². The van der Waals surface area contributed by atoms with Gasteiger partial charge in [0.2, 0.25) is 0 Å². The number of nitrogens with zero attached hydrogens (tertiary/aromatic N) is 1. The van der Waals surface area contributed by atoms with Crippen molar-refractivity contribution in [3.8, 4) is 0 Å². The first-order chi connectivity index (χ1) is 17.0. The maximum absolute atomic E-state index is 13.3. The Bertz CT molecular complexity index is 1370. The lowest BCUT2D eigenvalue weighted by molar-refractivity contribution is 0.0929. The lowest BCUT2D eigenvalue weighted by Gasteiger charge is -2.23. The van der Waals surface area contributed by atoms with Crippen molar-refractivity contribution in [2.45, 2.75) is 25.0 Å². The highest BCUT2D eigenvalue weighted by atomic mass is 32.2. The average molecular weight is 491 g/mol. The van der Waals surface area contributed by atoms with Crippen LogP contribution in [0, 0.1) is 0 Å². The molecule has 0 saturated carbocycles. The number of benzene rings is 3. The SMILES string of the molecule is CCN(c1ccccc1)S(=O)(=O)c1cccc(C(=O)Nc2cccc(COCc3ccco3)c2)c1. The standard InChI is InChI=1S/C27H26N2O5S/c1-2-29(24-12-4-3-5-13-24)35(31,32)26-15-7-10-22(18-26)27(30)28-23-11-6-9-21(17-23)19-33-20-25-14-8-16-34-25/h3-18H,2,19-20H2,1H3,(H,28,30). The summed E-state index contributed by atoms with van der Waals surface area (Å²) in [4.78, 5) is 13.0. The van der Waals surface area contributed by atoms with Crippen LogP contribution in [0.5, 0.6) is 0 Å². The second-order valence-corrected chi connectivity index (χ2v) is 9.62. The number of anilines is 2. The Morgan fingerprint density at radius 1 is 0.914 bits per heavy atom. The third kappa shape index (κ3) is 5.98. The highest BCUT2D eigenvalue weighted by molar-refractivity contribution is 7.92. The maximum atomic E-state index is 13.3. The van der Waals surface area contributed by atoms with E-state index in [2.05, 4.69) is 5.32 Å². The van der Waals surface area contributed by atoms with Crippen molar-refractivity contribution >= 4 is 27.3 Å². The number of carbonyl (C=O) groups excluding carboxylic acids is 1. The number of para-hydroxylation sites is 1. The van der Waals surface area contributed by atoms with Crippen molar-refractivity contribution in [3.05, 3.63) is 114 Å². The van der Waals surface area contributed by atoms with E-state index in [1.807, 2.05) is 30.3 Å². The summed E-state index contributed by atoms with van der Waals surface area (Å²) in [5, 5.41) is 2.83. The van der Waals surface area contributed by atoms with Crippen LogP contribution in [0.25, 0.3) is 0 Å². The van der Waals surface area contributed by atoms with Crippen LogP contribution in [-0.4, -0.2) is 20.9 Å². The van der Waals surface area contributed by atoms with E-state index in [4.69, 9.17) is 9.15 Å². The molecular formula is C27H26N2O5S. The molecule has 0 unspecified atom stereocenters. The van der Waals surface area contributed by atoms with Gasteiger partial charge in [-0.1, -0.05) is 36.4 Å². The fourth-order valence-electron chi connectivity index (χ4n) is 3.62. The molecule has 4 aromatic rings. The molecule has 1 heterocycles. The first-order valence-electron chi connectivity index (χ1n) is 11.2. The van der Waals surface area contributed by atoms with E-state index in [-0.39, 0.29) is 17.0 Å². The molecule has 0 radical (unpaired) electrons. The zero-order valence-corrected chi connectivity index (χ0v) is 20.1. The van der Waals surface area contributed by atoms with E-state index in [9.17, 15) is 13.2 Å². The molecule has 0 aliphatic heterocycles. The maximum Gasteiger partial charge on any atom is 0.264 e. The van der Waals surface area contributed by atoms with Crippen LogP contribution in [0.2, 0.25) is 0 Å². The molecule has 4 rings (SSSR count). The van der Waals surface area contributed by atoms with E-state index in [1.54, 1.807) is 61.7 Å². The van der Waals surface area contributed by atoms with E-state index in [0.717, 1.165) is 11.3 Å². The number of hydrogen-bond acceptors (Lipinski definition) is 5. The molecule has 0 saturated heterocycles. The quantitative estimate of drug-likeness (QED) is 0.319. The van der Waals surface area contributed by atoms with Gasteiger partial charge in [0, 0.05) is 17.8 Å². The summed E-state index contributed by atoms with van der Waals surface area (Å²) < 4.78 is 38.8. The predicted molar refractivity (Wildman–Crippen MR) is 135 cm³/mol. The van der Waals surface area contributed by atoms with E-state index in [1.165, 1.54) is 16.4 Å². The Morgan fingerprint density at radius 3 is 2.46 bits per heavy atom. The van der Waals surface area contributed by atoms with Gasteiger partial charge in [-0.2, -0.15) is 0 Å². The molecule has 7 nitrogen and oxygen atoms in total. The van der Waals surface area contributed by atoms with Gasteiger partial charge in [-0.15, -0.1) is 0 Å². The number of rotatable bonds is 10. The number of hydrogen-bond donors (Lipinski definition) is 1. The zero-order chi connectivity index (χ0) is 24.7. The van der Waals surface area contributed by atoms with Crippen molar-refractivity contribution < 1.29 is 22.4 Å². The Labute approximate surface area is 205 Å². The van der Waals surface area contributed by atoms with Crippen LogP contribution in [-0.2, 0) is 28.0 Å². The number of carbonyl (C=O) groups is 1. The molecule has 0 aliphatic carbocycles. The van der Waals surface area contributed by atoms with Gasteiger partial charge in [0.15, 0.2) is 0 Å². The monoisotopic (exact) mass is 490 g/mol. The second-order valence-electron chi connectivity index (χ2n) is 7.76. The van der Waals surface area contributed by atoms with Gasteiger partial charge < -0.3 is 14.5 Å². The van der Waals surface area contributed by atoms with Crippen LogP contribution >= 0.6 is 0 Å².